The SMILES string of the molecule is CCN(CC)c1ccc(C(=O)NCc2nc3cccnc3n2CCOC)cc1. The lowest BCUT2D eigenvalue weighted by atomic mass is 10.2. The zero-order valence-corrected chi connectivity index (χ0v) is 16.7. The summed E-state index contributed by atoms with van der Waals surface area (Å²) in [4.78, 5) is 23.8. The minimum atomic E-state index is -0.121. The molecule has 0 bridgehead atoms. The quantitative estimate of drug-likeness (QED) is 0.617. The highest BCUT2D eigenvalue weighted by molar-refractivity contribution is 5.94. The lowest BCUT2D eigenvalue weighted by Gasteiger charge is -2.21. The number of hydrogen-bond acceptors (Lipinski definition) is 5. The van der Waals surface area contributed by atoms with Crippen LogP contribution in [0.4, 0.5) is 5.69 Å². The Morgan fingerprint density at radius 2 is 1.93 bits per heavy atom. The molecule has 2 aromatic heterocycles. The second kappa shape index (κ2) is 9.32. The zero-order valence-electron chi connectivity index (χ0n) is 16.7. The van der Waals surface area contributed by atoms with E-state index in [0.29, 0.717) is 25.3 Å². The van der Waals surface area contributed by atoms with E-state index in [0.717, 1.165) is 35.8 Å². The number of nitrogens with one attached hydrogen (secondary N) is 1. The van der Waals surface area contributed by atoms with E-state index in [4.69, 9.17) is 4.74 Å². The first-order valence-corrected chi connectivity index (χ1v) is 9.60. The van der Waals surface area contributed by atoms with Crippen molar-refractivity contribution in [2.24, 2.45) is 0 Å². The lowest BCUT2D eigenvalue weighted by Crippen LogP contribution is -2.25. The molecular formula is C21H27N5O2. The molecule has 3 rings (SSSR count). The number of nitrogens with zero attached hydrogens (tertiary/aromatic N) is 4. The highest BCUT2D eigenvalue weighted by Crippen LogP contribution is 2.16. The number of methoxy groups -OCH3 is 1. The van der Waals surface area contributed by atoms with Crippen LogP contribution >= 0.6 is 0 Å². The van der Waals surface area contributed by atoms with Gasteiger partial charge in [0.05, 0.1) is 13.2 Å². The van der Waals surface area contributed by atoms with E-state index in [-0.39, 0.29) is 5.91 Å². The summed E-state index contributed by atoms with van der Waals surface area (Å²) in [6.07, 6.45) is 1.74. The van der Waals surface area contributed by atoms with E-state index in [1.165, 1.54) is 0 Å². The lowest BCUT2D eigenvalue weighted by molar-refractivity contribution is 0.0949. The number of ether oxygens (including phenoxy) is 1. The Labute approximate surface area is 165 Å². The summed E-state index contributed by atoms with van der Waals surface area (Å²) in [6.45, 7) is 7.63. The van der Waals surface area contributed by atoms with Gasteiger partial charge in [0.15, 0.2) is 5.65 Å². The first-order valence-electron chi connectivity index (χ1n) is 9.60. The van der Waals surface area contributed by atoms with E-state index in [1.807, 2.05) is 41.0 Å². The van der Waals surface area contributed by atoms with Crippen molar-refractivity contribution in [3.63, 3.8) is 0 Å². The molecule has 0 unspecified atom stereocenters. The van der Waals surface area contributed by atoms with Crippen molar-refractivity contribution in [2.75, 3.05) is 31.7 Å². The van der Waals surface area contributed by atoms with Crippen molar-refractivity contribution < 1.29 is 9.53 Å². The first-order chi connectivity index (χ1) is 13.7. The number of rotatable bonds is 9. The Morgan fingerprint density at radius 3 is 2.61 bits per heavy atom. The molecule has 28 heavy (non-hydrogen) atoms. The number of amides is 1. The van der Waals surface area contributed by atoms with Gasteiger partial charge in [0.2, 0.25) is 0 Å². The molecule has 0 aliphatic rings. The smallest absolute Gasteiger partial charge is 0.251 e. The van der Waals surface area contributed by atoms with Gasteiger partial charge in [-0.05, 0) is 50.2 Å². The Balaban J connectivity index is 1.72. The molecule has 0 fully saturated rings. The number of benzene rings is 1. The van der Waals surface area contributed by atoms with E-state index in [1.54, 1.807) is 13.3 Å². The summed E-state index contributed by atoms with van der Waals surface area (Å²) in [5.74, 6) is 0.642. The van der Waals surface area contributed by atoms with Gasteiger partial charge in [-0.15, -0.1) is 0 Å². The van der Waals surface area contributed by atoms with Crippen LogP contribution in [0.25, 0.3) is 11.2 Å². The molecule has 0 saturated heterocycles. The van der Waals surface area contributed by atoms with Gasteiger partial charge >= 0.3 is 0 Å². The van der Waals surface area contributed by atoms with Crippen molar-refractivity contribution in [2.45, 2.75) is 26.9 Å². The normalized spacial score (nSPS) is 11.0. The summed E-state index contributed by atoms with van der Waals surface area (Å²) in [7, 11) is 1.66. The van der Waals surface area contributed by atoms with Crippen LogP contribution in [0, 0.1) is 0 Å². The van der Waals surface area contributed by atoms with Gasteiger partial charge < -0.3 is 19.5 Å². The molecule has 0 atom stereocenters. The fourth-order valence-corrected chi connectivity index (χ4v) is 3.23. The molecule has 0 aliphatic heterocycles. The summed E-state index contributed by atoms with van der Waals surface area (Å²) in [5, 5.41) is 2.97. The van der Waals surface area contributed by atoms with Gasteiger partial charge in [-0.3, -0.25) is 4.79 Å². The number of aromatic nitrogens is 3. The molecular weight excluding hydrogens is 354 g/mol. The van der Waals surface area contributed by atoms with Crippen LogP contribution in [0.1, 0.15) is 30.0 Å². The maximum absolute atomic E-state index is 12.6. The van der Waals surface area contributed by atoms with Crippen LogP contribution < -0.4 is 10.2 Å². The average molecular weight is 381 g/mol. The predicted molar refractivity (Wildman–Crippen MR) is 111 cm³/mol. The van der Waals surface area contributed by atoms with Gasteiger partial charge in [0.1, 0.15) is 11.3 Å². The second-order valence-electron chi connectivity index (χ2n) is 6.42. The van der Waals surface area contributed by atoms with E-state index in [9.17, 15) is 4.79 Å². The van der Waals surface area contributed by atoms with Crippen molar-refractivity contribution in [1.29, 1.82) is 0 Å². The number of pyridine rings is 1. The minimum absolute atomic E-state index is 0.121. The summed E-state index contributed by atoms with van der Waals surface area (Å²) >= 11 is 0. The Bertz CT molecular complexity index is 916. The minimum Gasteiger partial charge on any atom is -0.383 e. The maximum Gasteiger partial charge on any atom is 0.251 e. The molecule has 0 spiro atoms. The van der Waals surface area contributed by atoms with Crippen LogP contribution in [0.15, 0.2) is 42.6 Å². The highest BCUT2D eigenvalue weighted by atomic mass is 16.5. The van der Waals surface area contributed by atoms with Crippen molar-refractivity contribution in [3.8, 4) is 0 Å². The number of anilines is 1. The molecule has 1 N–H and O–H groups in total. The monoisotopic (exact) mass is 381 g/mol. The van der Waals surface area contributed by atoms with E-state index >= 15 is 0 Å². The van der Waals surface area contributed by atoms with Crippen LogP contribution in [-0.2, 0) is 17.8 Å². The molecule has 0 saturated carbocycles. The van der Waals surface area contributed by atoms with Crippen LogP contribution in [-0.4, -0.2) is 47.2 Å². The third-order valence-electron chi connectivity index (χ3n) is 4.77. The number of carbonyl (C=O) groups excluding carboxylic acids is 1. The topological polar surface area (TPSA) is 72.3 Å². The van der Waals surface area contributed by atoms with Gasteiger partial charge in [-0.1, -0.05) is 0 Å². The van der Waals surface area contributed by atoms with Gasteiger partial charge in [0, 0.05) is 44.2 Å². The Morgan fingerprint density at radius 1 is 1.18 bits per heavy atom. The number of fused-ring (bicyclic) bond motifs is 1. The highest BCUT2D eigenvalue weighted by Gasteiger charge is 2.13. The average Bonchev–Trinajstić information content (AvgIpc) is 3.09. The summed E-state index contributed by atoms with van der Waals surface area (Å²) in [6, 6.07) is 11.5. The van der Waals surface area contributed by atoms with Crippen LogP contribution in [0.2, 0.25) is 0 Å². The second-order valence-corrected chi connectivity index (χ2v) is 6.42. The van der Waals surface area contributed by atoms with Crippen LogP contribution in [0.5, 0.6) is 0 Å². The zero-order chi connectivity index (χ0) is 19.9. The van der Waals surface area contributed by atoms with Gasteiger partial charge in [-0.2, -0.15) is 0 Å². The molecule has 7 nitrogen and oxygen atoms in total. The standard InChI is InChI=1S/C21H27N5O2/c1-4-25(5-2)17-10-8-16(9-11-17)21(27)23-15-19-24-18-7-6-12-22-20(18)26(19)13-14-28-3/h6-12H,4-5,13-15H2,1-3H3,(H,23,27). The summed E-state index contributed by atoms with van der Waals surface area (Å²) in [5.41, 5.74) is 3.36. The fourth-order valence-electron chi connectivity index (χ4n) is 3.23. The molecule has 2 heterocycles. The molecule has 7 heteroatoms. The molecule has 3 aromatic rings. The van der Waals surface area contributed by atoms with Crippen molar-refractivity contribution in [3.05, 3.63) is 54.0 Å². The molecule has 1 amide bonds. The molecule has 0 radical (unpaired) electrons. The molecule has 0 aliphatic carbocycles. The van der Waals surface area contributed by atoms with E-state index in [2.05, 4.69) is 34.0 Å². The van der Waals surface area contributed by atoms with Crippen LogP contribution in [0.3, 0.4) is 0 Å². The first kappa shape index (κ1) is 19.8. The maximum atomic E-state index is 12.6. The number of imidazole rings is 1. The molecule has 148 valence electrons. The predicted octanol–water partition coefficient (Wildman–Crippen LogP) is 2.85. The van der Waals surface area contributed by atoms with Crippen molar-refractivity contribution >= 4 is 22.8 Å². The van der Waals surface area contributed by atoms with Gasteiger partial charge in [0.25, 0.3) is 5.91 Å². The third-order valence-corrected chi connectivity index (χ3v) is 4.77. The largest absolute Gasteiger partial charge is 0.383 e. The van der Waals surface area contributed by atoms with E-state index < -0.39 is 0 Å². The third kappa shape index (κ3) is 4.31. The number of hydrogen-bond donors (Lipinski definition) is 1. The Hall–Kier alpha value is -2.93. The summed E-state index contributed by atoms with van der Waals surface area (Å²) < 4.78 is 7.18. The number of carbonyl (C=O) groups is 1. The van der Waals surface area contributed by atoms with Gasteiger partial charge in [-0.25, -0.2) is 9.97 Å². The van der Waals surface area contributed by atoms with Crippen molar-refractivity contribution in [1.82, 2.24) is 19.9 Å². The Kier molecular flexibility index (Phi) is 6.60. The fraction of sp³-hybridized carbons (Fsp3) is 0.381. The molecule has 1 aromatic carbocycles.